The lowest BCUT2D eigenvalue weighted by molar-refractivity contribution is 0.193. The van der Waals surface area contributed by atoms with Crippen molar-refractivity contribution < 1.29 is 9.37 Å². The summed E-state index contributed by atoms with van der Waals surface area (Å²) in [4.78, 5) is 13.3. The summed E-state index contributed by atoms with van der Waals surface area (Å²) in [6, 6.07) is 2.16. The molecule has 0 bridgehead atoms. The van der Waals surface area contributed by atoms with Gasteiger partial charge in [-0.1, -0.05) is 0 Å². The molecule has 0 spiro atoms. The highest BCUT2D eigenvalue weighted by atomic mass is 16.6. The highest BCUT2D eigenvalue weighted by Gasteiger charge is 2.24. The van der Waals surface area contributed by atoms with Crippen LogP contribution in [-0.4, -0.2) is 38.5 Å². The molecule has 1 aliphatic heterocycles. The Bertz CT molecular complexity index is 986. The van der Waals surface area contributed by atoms with Crippen LogP contribution in [0.1, 0.15) is 40.7 Å². The molecule has 1 atom stereocenters. The molecule has 0 radical (unpaired) electrons. The summed E-state index contributed by atoms with van der Waals surface area (Å²) in [6.07, 6.45) is 2.80. The van der Waals surface area contributed by atoms with Gasteiger partial charge in [0.1, 0.15) is 11.9 Å². The molecule has 0 saturated carbocycles. The van der Waals surface area contributed by atoms with Crippen molar-refractivity contribution in [2.24, 2.45) is 0 Å². The Balaban J connectivity index is 1.74. The predicted octanol–water partition coefficient (Wildman–Crippen LogP) is 1.26. The van der Waals surface area contributed by atoms with Crippen LogP contribution < -0.4 is 5.73 Å². The minimum Gasteiger partial charge on any atom is -0.396 e. The third-order valence-corrected chi connectivity index (χ3v) is 4.40. The topological polar surface area (TPSA) is 137 Å². The number of hydrogen-bond donors (Lipinski definition) is 1. The standard InChI is InChI=1S/C16H15N7O2/c1-8-11(13(18)15-16(20-8)23-25-22-15)4-12-19-6-10(5-17)14(21-12)9-2-3-24-7-9/h6,9H,2-4,7,18H2,1H3. The Labute approximate surface area is 142 Å². The van der Waals surface area contributed by atoms with Crippen molar-refractivity contribution in [3.05, 3.63) is 34.5 Å². The van der Waals surface area contributed by atoms with Gasteiger partial charge in [-0.2, -0.15) is 5.26 Å². The number of nitriles is 1. The van der Waals surface area contributed by atoms with Crippen LogP contribution in [0.3, 0.4) is 0 Å². The van der Waals surface area contributed by atoms with Gasteiger partial charge < -0.3 is 10.5 Å². The Kier molecular flexibility index (Phi) is 3.74. The molecular weight excluding hydrogens is 322 g/mol. The fourth-order valence-electron chi connectivity index (χ4n) is 3.04. The van der Waals surface area contributed by atoms with Crippen LogP contribution in [0.2, 0.25) is 0 Å². The van der Waals surface area contributed by atoms with Crippen molar-refractivity contribution >= 4 is 16.9 Å². The summed E-state index contributed by atoms with van der Waals surface area (Å²) >= 11 is 0. The van der Waals surface area contributed by atoms with Gasteiger partial charge in [0.2, 0.25) is 5.65 Å². The van der Waals surface area contributed by atoms with E-state index >= 15 is 0 Å². The lowest BCUT2D eigenvalue weighted by Gasteiger charge is -2.12. The van der Waals surface area contributed by atoms with Gasteiger partial charge in [0.05, 0.1) is 23.6 Å². The number of pyridine rings is 1. The molecule has 1 fully saturated rings. The number of aryl methyl sites for hydroxylation is 1. The monoisotopic (exact) mass is 337 g/mol. The largest absolute Gasteiger partial charge is 0.396 e. The summed E-state index contributed by atoms with van der Waals surface area (Å²) in [5.74, 6) is 0.698. The maximum atomic E-state index is 9.32. The van der Waals surface area contributed by atoms with Crippen LogP contribution in [0.25, 0.3) is 11.2 Å². The minimum absolute atomic E-state index is 0.121. The first kappa shape index (κ1) is 15.4. The first-order valence-electron chi connectivity index (χ1n) is 7.88. The molecule has 0 aliphatic carbocycles. The average Bonchev–Trinajstić information content (AvgIpc) is 3.30. The molecule has 9 nitrogen and oxygen atoms in total. The Hall–Kier alpha value is -3.12. The Morgan fingerprint density at radius 3 is 3.00 bits per heavy atom. The lowest BCUT2D eigenvalue weighted by atomic mass is 10.0. The molecule has 1 saturated heterocycles. The SMILES string of the molecule is Cc1nc2nonc2c(N)c1Cc1ncc(C#N)c(C2CCOC2)n1. The number of fused-ring (bicyclic) bond motifs is 1. The molecule has 1 aliphatic rings. The average molecular weight is 337 g/mol. The van der Waals surface area contributed by atoms with Crippen LogP contribution in [0, 0.1) is 18.3 Å². The number of nitrogens with zero attached hydrogens (tertiary/aromatic N) is 6. The second kappa shape index (κ2) is 6.07. The molecule has 3 aromatic heterocycles. The normalized spacial score (nSPS) is 17.0. The number of aromatic nitrogens is 5. The van der Waals surface area contributed by atoms with Gasteiger partial charge in [-0.25, -0.2) is 19.6 Å². The molecular formula is C16H15N7O2. The molecule has 3 aromatic rings. The van der Waals surface area contributed by atoms with E-state index in [1.807, 2.05) is 6.92 Å². The summed E-state index contributed by atoms with van der Waals surface area (Å²) in [5, 5.41) is 16.8. The second-order valence-corrected chi connectivity index (χ2v) is 5.96. The van der Waals surface area contributed by atoms with E-state index in [4.69, 9.17) is 15.1 Å². The smallest absolute Gasteiger partial charge is 0.226 e. The van der Waals surface area contributed by atoms with Crippen molar-refractivity contribution in [3.63, 3.8) is 0 Å². The molecule has 126 valence electrons. The van der Waals surface area contributed by atoms with E-state index in [9.17, 15) is 5.26 Å². The Morgan fingerprint density at radius 1 is 1.36 bits per heavy atom. The number of nitrogen functional groups attached to an aromatic ring is 1. The van der Waals surface area contributed by atoms with Crippen LogP contribution in [0.5, 0.6) is 0 Å². The van der Waals surface area contributed by atoms with Crippen LogP contribution >= 0.6 is 0 Å². The molecule has 1 unspecified atom stereocenters. The predicted molar refractivity (Wildman–Crippen MR) is 86.5 cm³/mol. The van der Waals surface area contributed by atoms with Crippen LogP contribution in [0.15, 0.2) is 10.8 Å². The van der Waals surface area contributed by atoms with Gasteiger partial charge in [-0.3, -0.25) is 0 Å². The Morgan fingerprint density at radius 2 is 2.24 bits per heavy atom. The summed E-state index contributed by atoms with van der Waals surface area (Å²) in [7, 11) is 0. The summed E-state index contributed by atoms with van der Waals surface area (Å²) < 4.78 is 10.1. The van der Waals surface area contributed by atoms with E-state index < -0.39 is 0 Å². The molecule has 2 N–H and O–H groups in total. The zero-order valence-electron chi connectivity index (χ0n) is 13.6. The molecule has 0 aromatic carbocycles. The van der Waals surface area contributed by atoms with Crippen molar-refractivity contribution in [3.8, 4) is 6.07 Å². The van der Waals surface area contributed by atoms with Crippen molar-refractivity contribution in [1.82, 2.24) is 25.3 Å². The molecule has 25 heavy (non-hydrogen) atoms. The summed E-state index contributed by atoms with van der Waals surface area (Å²) in [6.45, 7) is 3.10. The lowest BCUT2D eigenvalue weighted by Crippen LogP contribution is -2.10. The van der Waals surface area contributed by atoms with E-state index in [0.29, 0.717) is 47.9 Å². The number of hydrogen-bond acceptors (Lipinski definition) is 9. The van der Waals surface area contributed by atoms with Gasteiger partial charge in [0, 0.05) is 36.4 Å². The van der Waals surface area contributed by atoms with E-state index in [1.165, 1.54) is 0 Å². The highest BCUT2D eigenvalue weighted by molar-refractivity contribution is 5.85. The molecule has 4 rings (SSSR count). The van der Waals surface area contributed by atoms with Crippen molar-refractivity contribution in [1.29, 1.82) is 5.26 Å². The van der Waals surface area contributed by atoms with Crippen molar-refractivity contribution in [2.75, 3.05) is 18.9 Å². The molecule has 0 amide bonds. The van der Waals surface area contributed by atoms with Gasteiger partial charge in [0.15, 0.2) is 5.52 Å². The van der Waals surface area contributed by atoms with E-state index in [-0.39, 0.29) is 5.92 Å². The van der Waals surface area contributed by atoms with Gasteiger partial charge in [0.25, 0.3) is 0 Å². The van der Waals surface area contributed by atoms with Gasteiger partial charge in [-0.05, 0) is 23.7 Å². The maximum Gasteiger partial charge on any atom is 0.226 e. The molecule has 9 heteroatoms. The number of ether oxygens (including phenoxy) is 1. The molecule has 4 heterocycles. The van der Waals surface area contributed by atoms with Gasteiger partial charge in [-0.15, -0.1) is 0 Å². The quantitative estimate of drug-likeness (QED) is 0.748. The summed E-state index contributed by atoms with van der Waals surface area (Å²) in [5.41, 5.74) is 10.2. The van der Waals surface area contributed by atoms with Gasteiger partial charge >= 0.3 is 0 Å². The third-order valence-electron chi connectivity index (χ3n) is 4.40. The second-order valence-electron chi connectivity index (χ2n) is 5.96. The minimum atomic E-state index is 0.121. The van der Waals surface area contributed by atoms with E-state index in [1.54, 1.807) is 6.20 Å². The fraction of sp³-hybridized carbons (Fsp3) is 0.375. The zero-order chi connectivity index (χ0) is 17.4. The number of rotatable bonds is 3. The van der Waals surface area contributed by atoms with Crippen LogP contribution in [-0.2, 0) is 11.2 Å². The van der Waals surface area contributed by atoms with Crippen molar-refractivity contribution in [2.45, 2.75) is 25.7 Å². The fourth-order valence-corrected chi connectivity index (χ4v) is 3.04. The first-order chi connectivity index (χ1) is 12.2. The number of nitrogens with two attached hydrogens (primary N) is 1. The maximum absolute atomic E-state index is 9.32. The number of anilines is 1. The first-order valence-corrected chi connectivity index (χ1v) is 7.88. The zero-order valence-corrected chi connectivity index (χ0v) is 13.6. The highest BCUT2D eigenvalue weighted by Crippen LogP contribution is 2.28. The third kappa shape index (κ3) is 2.66. The van der Waals surface area contributed by atoms with Crippen LogP contribution in [0.4, 0.5) is 5.69 Å². The van der Waals surface area contributed by atoms with E-state index in [2.05, 4.69) is 31.3 Å². The van der Waals surface area contributed by atoms with E-state index in [0.717, 1.165) is 23.4 Å².